The summed E-state index contributed by atoms with van der Waals surface area (Å²) in [5, 5.41) is 3.03. The van der Waals surface area contributed by atoms with Crippen LogP contribution >= 0.6 is 0 Å². The SMILES string of the molecule is NCc1ccc(NCCS(=O)O)cc1. The van der Waals surface area contributed by atoms with Crippen LogP contribution in [0.5, 0.6) is 0 Å². The van der Waals surface area contributed by atoms with Crippen molar-refractivity contribution in [3.63, 3.8) is 0 Å². The maximum absolute atomic E-state index is 10.3. The molecule has 0 heterocycles. The molecule has 0 aromatic heterocycles. The van der Waals surface area contributed by atoms with E-state index < -0.39 is 11.1 Å². The predicted molar refractivity (Wildman–Crippen MR) is 58.5 cm³/mol. The second-order valence-electron chi connectivity index (χ2n) is 2.85. The summed E-state index contributed by atoms with van der Waals surface area (Å²) in [5.41, 5.74) is 7.45. The summed E-state index contributed by atoms with van der Waals surface area (Å²) < 4.78 is 18.9. The standard InChI is InChI=1S/C9H14N2O2S/c10-7-8-1-3-9(4-2-8)11-5-6-14(12)13/h1-4,11H,5-7,10H2,(H,12,13). The molecule has 0 amide bonds. The lowest BCUT2D eigenvalue weighted by Crippen LogP contribution is -2.10. The van der Waals surface area contributed by atoms with Crippen molar-refractivity contribution in [2.45, 2.75) is 6.54 Å². The lowest BCUT2D eigenvalue weighted by Gasteiger charge is -2.05. The van der Waals surface area contributed by atoms with Gasteiger partial charge in [0, 0.05) is 18.8 Å². The molecule has 4 nitrogen and oxygen atoms in total. The summed E-state index contributed by atoms with van der Waals surface area (Å²) in [6, 6.07) is 7.67. The monoisotopic (exact) mass is 214 g/mol. The summed E-state index contributed by atoms with van der Waals surface area (Å²) in [5.74, 6) is 0.235. The molecule has 0 aliphatic rings. The van der Waals surface area contributed by atoms with Crippen LogP contribution in [-0.4, -0.2) is 21.1 Å². The Kier molecular flexibility index (Phi) is 4.58. The first-order valence-electron chi connectivity index (χ1n) is 4.32. The van der Waals surface area contributed by atoms with E-state index in [-0.39, 0.29) is 5.75 Å². The molecule has 14 heavy (non-hydrogen) atoms. The zero-order valence-electron chi connectivity index (χ0n) is 7.77. The zero-order chi connectivity index (χ0) is 10.4. The van der Waals surface area contributed by atoms with E-state index in [2.05, 4.69) is 5.32 Å². The number of nitrogens with one attached hydrogen (secondary N) is 1. The van der Waals surface area contributed by atoms with Crippen LogP contribution in [0.2, 0.25) is 0 Å². The first-order valence-corrected chi connectivity index (χ1v) is 5.60. The van der Waals surface area contributed by atoms with Crippen molar-refractivity contribution in [2.24, 2.45) is 5.73 Å². The number of hydrogen-bond donors (Lipinski definition) is 3. The molecule has 1 rings (SSSR count). The van der Waals surface area contributed by atoms with Gasteiger partial charge in [-0.3, -0.25) is 0 Å². The molecule has 0 bridgehead atoms. The third-order valence-electron chi connectivity index (χ3n) is 1.80. The van der Waals surface area contributed by atoms with Crippen LogP contribution < -0.4 is 11.1 Å². The summed E-state index contributed by atoms with van der Waals surface area (Å²) >= 11 is -1.73. The smallest absolute Gasteiger partial charge is 0.154 e. The molecule has 4 N–H and O–H groups in total. The number of rotatable bonds is 5. The maximum Gasteiger partial charge on any atom is 0.154 e. The van der Waals surface area contributed by atoms with Gasteiger partial charge in [-0.15, -0.1) is 0 Å². The van der Waals surface area contributed by atoms with Gasteiger partial charge in [-0.2, -0.15) is 0 Å². The largest absolute Gasteiger partial charge is 0.384 e. The number of benzene rings is 1. The van der Waals surface area contributed by atoms with Gasteiger partial charge in [-0.25, -0.2) is 4.21 Å². The van der Waals surface area contributed by atoms with Gasteiger partial charge in [0.15, 0.2) is 11.1 Å². The Bertz CT molecular complexity index is 300. The molecule has 0 aliphatic carbocycles. The molecule has 5 heteroatoms. The zero-order valence-corrected chi connectivity index (χ0v) is 8.59. The second kappa shape index (κ2) is 5.74. The molecular weight excluding hydrogens is 200 g/mol. The van der Waals surface area contributed by atoms with Crippen LogP contribution in [0.25, 0.3) is 0 Å². The summed E-state index contributed by atoms with van der Waals surface area (Å²) in [7, 11) is 0. The number of anilines is 1. The topological polar surface area (TPSA) is 75.3 Å². The van der Waals surface area contributed by atoms with Crippen LogP contribution in [-0.2, 0) is 17.6 Å². The molecule has 1 unspecified atom stereocenters. The van der Waals surface area contributed by atoms with Gasteiger partial charge in [-0.05, 0) is 17.7 Å². The first kappa shape index (κ1) is 11.2. The Morgan fingerprint density at radius 3 is 2.50 bits per heavy atom. The lowest BCUT2D eigenvalue weighted by molar-refractivity contribution is 0.565. The highest BCUT2D eigenvalue weighted by atomic mass is 32.2. The van der Waals surface area contributed by atoms with E-state index in [1.807, 2.05) is 24.3 Å². The van der Waals surface area contributed by atoms with Crippen LogP contribution in [0.1, 0.15) is 5.56 Å². The predicted octanol–water partition coefficient (Wildman–Crippen LogP) is 0.779. The normalized spacial score (nSPS) is 12.4. The Labute approximate surface area is 85.8 Å². The Hall–Kier alpha value is -0.910. The maximum atomic E-state index is 10.3. The molecule has 1 aromatic rings. The Morgan fingerprint density at radius 2 is 2.00 bits per heavy atom. The fourth-order valence-electron chi connectivity index (χ4n) is 1.04. The van der Waals surface area contributed by atoms with Crippen molar-refractivity contribution in [3.8, 4) is 0 Å². The molecule has 0 aliphatic heterocycles. The van der Waals surface area contributed by atoms with Gasteiger partial charge < -0.3 is 15.6 Å². The molecule has 1 aromatic carbocycles. The molecule has 0 fully saturated rings. The van der Waals surface area contributed by atoms with E-state index in [0.717, 1.165) is 11.3 Å². The Balaban J connectivity index is 2.40. The van der Waals surface area contributed by atoms with E-state index in [4.69, 9.17) is 10.3 Å². The van der Waals surface area contributed by atoms with Crippen molar-refractivity contribution < 1.29 is 8.76 Å². The lowest BCUT2D eigenvalue weighted by atomic mass is 10.2. The van der Waals surface area contributed by atoms with Gasteiger partial charge in [0.25, 0.3) is 0 Å². The van der Waals surface area contributed by atoms with Gasteiger partial charge in [0.2, 0.25) is 0 Å². The van der Waals surface area contributed by atoms with Crippen LogP contribution in [0.4, 0.5) is 5.69 Å². The van der Waals surface area contributed by atoms with E-state index in [1.54, 1.807) is 0 Å². The molecule has 0 saturated carbocycles. The molecule has 0 spiro atoms. The molecule has 1 atom stereocenters. The highest BCUT2D eigenvalue weighted by Gasteiger charge is 1.94. The third kappa shape index (κ3) is 3.87. The van der Waals surface area contributed by atoms with Crippen molar-refractivity contribution >= 4 is 16.8 Å². The number of nitrogens with two attached hydrogens (primary N) is 1. The summed E-state index contributed by atoms with van der Waals surface area (Å²) in [4.78, 5) is 0. The summed E-state index contributed by atoms with van der Waals surface area (Å²) in [6.45, 7) is 1.02. The fourth-order valence-corrected chi connectivity index (χ4v) is 1.32. The second-order valence-corrected chi connectivity index (χ2v) is 3.90. The van der Waals surface area contributed by atoms with Gasteiger partial charge in [-0.1, -0.05) is 12.1 Å². The third-order valence-corrected chi connectivity index (χ3v) is 2.35. The Morgan fingerprint density at radius 1 is 1.36 bits per heavy atom. The van der Waals surface area contributed by atoms with Gasteiger partial charge in [0.05, 0.1) is 5.75 Å². The van der Waals surface area contributed by atoms with Crippen LogP contribution in [0.15, 0.2) is 24.3 Å². The van der Waals surface area contributed by atoms with Gasteiger partial charge >= 0.3 is 0 Å². The fraction of sp³-hybridized carbons (Fsp3) is 0.333. The van der Waals surface area contributed by atoms with Crippen LogP contribution in [0.3, 0.4) is 0 Å². The van der Waals surface area contributed by atoms with E-state index in [0.29, 0.717) is 13.1 Å². The molecular formula is C9H14N2O2S. The van der Waals surface area contributed by atoms with Crippen LogP contribution in [0, 0.1) is 0 Å². The molecule has 0 saturated heterocycles. The summed E-state index contributed by atoms with van der Waals surface area (Å²) in [6.07, 6.45) is 0. The molecule has 78 valence electrons. The average molecular weight is 214 g/mol. The molecule has 0 radical (unpaired) electrons. The van der Waals surface area contributed by atoms with Crippen molar-refractivity contribution in [2.75, 3.05) is 17.6 Å². The highest BCUT2D eigenvalue weighted by Crippen LogP contribution is 2.08. The van der Waals surface area contributed by atoms with Gasteiger partial charge in [0.1, 0.15) is 0 Å². The van der Waals surface area contributed by atoms with Crippen molar-refractivity contribution in [1.29, 1.82) is 0 Å². The van der Waals surface area contributed by atoms with Crippen molar-refractivity contribution in [3.05, 3.63) is 29.8 Å². The van der Waals surface area contributed by atoms with Crippen molar-refractivity contribution in [1.82, 2.24) is 0 Å². The minimum atomic E-state index is -1.73. The van der Waals surface area contributed by atoms with E-state index >= 15 is 0 Å². The van der Waals surface area contributed by atoms with E-state index in [9.17, 15) is 4.21 Å². The highest BCUT2D eigenvalue weighted by molar-refractivity contribution is 7.79. The van der Waals surface area contributed by atoms with E-state index in [1.165, 1.54) is 0 Å². The minimum absolute atomic E-state index is 0.235. The number of hydrogen-bond acceptors (Lipinski definition) is 3. The minimum Gasteiger partial charge on any atom is -0.384 e. The first-order chi connectivity index (χ1) is 6.72. The quantitative estimate of drug-likeness (QED) is 0.633. The average Bonchev–Trinajstić information content (AvgIpc) is 2.18.